The molecule has 0 saturated heterocycles. The Morgan fingerprint density at radius 2 is 1.87 bits per heavy atom. The van der Waals surface area contributed by atoms with Gasteiger partial charge in [0.1, 0.15) is 0 Å². The lowest BCUT2D eigenvalue weighted by molar-refractivity contribution is -0.151. The fourth-order valence-corrected chi connectivity index (χ4v) is 1.23. The third-order valence-corrected chi connectivity index (χ3v) is 2.31. The largest absolute Gasteiger partial charge is 0.479 e. The van der Waals surface area contributed by atoms with Crippen LogP contribution in [-0.4, -0.2) is 27.6 Å². The maximum Gasteiger partial charge on any atom is 0.343 e. The summed E-state index contributed by atoms with van der Waals surface area (Å²) in [7, 11) is 0. The molecule has 0 heterocycles. The summed E-state index contributed by atoms with van der Waals surface area (Å²) < 4.78 is 0. The zero-order chi connectivity index (χ0) is 11.6. The van der Waals surface area contributed by atoms with E-state index in [4.69, 9.17) is 16.7 Å². The number of hydrogen-bond donors (Lipinski definition) is 2. The third-order valence-electron chi connectivity index (χ3n) is 1.98. The molecule has 0 radical (unpaired) electrons. The van der Waals surface area contributed by atoms with E-state index < -0.39 is 17.4 Å². The Kier molecular flexibility index (Phi) is 3.12. The van der Waals surface area contributed by atoms with Gasteiger partial charge in [-0.15, -0.1) is 0 Å². The summed E-state index contributed by atoms with van der Waals surface area (Å²) >= 11 is 5.70. The smallest absolute Gasteiger partial charge is 0.343 e. The highest BCUT2D eigenvalue weighted by Crippen LogP contribution is 2.21. The minimum atomic E-state index is -2.45. The van der Waals surface area contributed by atoms with Gasteiger partial charge in [0.25, 0.3) is 0 Å². The number of aliphatic hydroxyl groups is 1. The zero-order valence-corrected chi connectivity index (χ0v) is 8.65. The number of aliphatic carboxylic acids is 1. The number of carboxylic acid groups (broad SMARTS) is 1. The average Bonchev–Trinajstić information content (AvgIpc) is 2.17. The van der Waals surface area contributed by atoms with Gasteiger partial charge >= 0.3 is 5.97 Å². The Balaban J connectivity index is 3.16. The molecular weight excluding hydrogens is 220 g/mol. The molecule has 0 fully saturated rings. The van der Waals surface area contributed by atoms with Crippen molar-refractivity contribution >= 4 is 23.4 Å². The first-order chi connectivity index (χ1) is 6.87. The van der Waals surface area contributed by atoms with Crippen LogP contribution >= 0.6 is 11.6 Å². The van der Waals surface area contributed by atoms with E-state index in [0.717, 1.165) is 6.92 Å². The number of carbonyl (C=O) groups is 2. The van der Waals surface area contributed by atoms with E-state index >= 15 is 0 Å². The second-order valence-corrected chi connectivity index (χ2v) is 3.59. The highest BCUT2D eigenvalue weighted by Gasteiger charge is 2.40. The van der Waals surface area contributed by atoms with Gasteiger partial charge in [-0.25, -0.2) is 4.79 Å². The molecule has 1 aromatic carbocycles. The molecule has 0 saturated carbocycles. The Labute approximate surface area is 91.1 Å². The molecule has 1 atom stereocenters. The molecule has 0 aromatic heterocycles. The number of benzene rings is 1. The zero-order valence-electron chi connectivity index (χ0n) is 7.90. The Morgan fingerprint density at radius 3 is 2.33 bits per heavy atom. The molecule has 80 valence electrons. The topological polar surface area (TPSA) is 74.6 Å². The SMILES string of the molecule is CC(O)(C(=O)O)C(=O)c1ccccc1Cl. The van der Waals surface area contributed by atoms with E-state index in [2.05, 4.69) is 0 Å². The second-order valence-electron chi connectivity index (χ2n) is 3.19. The standard InChI is InChI=1S/C10H9ClO4/c1-10(15,9(13)14)8(12)6-4-2-3-5-7(6)11/h2-5,15H,1H3,(H,13,14). The number of halogens is 1. The van der Waals surface area contributed by atoms with Crippen molar-refractivity contribution in [3.63, 3.8) is 0 Å². The van der Waals surface area contributed by atoms with E-state index in [0.29, 0.717) is 0 Å². The monoisotopic (exact) mass is 228 g/mol. The van der Waals surface area contributed by atoms with Gasteiger partial charge < -0.3 is 10.2 Å². The number of rotatable bonds is 3. The van der Waals surface area contributed by atoms with Gasteiger partial charge in [-0.05, 0) is 19.1 Å². The summed E-state index contributed by atoms with van der Waals surface area (Å²) in [5, 5.41) is 18.2. The van der Waals surface area contributed by atoms with E-state index in [1.54, 1.807) is 6.07 Å². The van der Waals surface area contributed by atoms with Crippen LogP contribution in [0.1, 0.15) is 17.3 Å². The lowest BCUT2D eigenvalue weighted by Crippen LogP contribution is -2.43. The lowest BCUT2D eigenvalue weighted by Gasteiger charge is -2.16. The summed E-state index contributed by atoms with van der Waals surface area (Å²) in [5.74, 6) is -2.53. The fraction of sp³-hybridized carbons (Fsp3) is 0.200. The van der Waals surface area contributed by atoms with Crippen LogP contribution in [-0.2, 0) is 4.79 Å². The Bertz CT molecular complexity index is 412. The third kappa shape index (κ3) is 2.16. The average molecular weight is 229 g/mol. The van der Waals surface area contributed by atoms with Crippen LogP contribution in [0.4, 0.5) is 0 Å². The van der Waals surface area contributed by atoms with Crippen molar-refractivity contribution in [2.75, 3.05) is 0 Å². The summed E-state index contributed by atoms with van der Waals surface area (Å²) in [6, 6.07) is 5.96. The molecule has 0 aliphatic carbocycles. The van der Waals surface area contributed by atoms with Crippen molar-refractivity contribution in [2.24, 2.45) is 0 Å². The first-order valence-corrected chi connectivity index (χ1v) is 4.50. The van der Waals surface area contributed by atoms with E-state index in [1.165, 1.54) is 18.2 Å². The molecule has 0 aliphatic heterocycles. The summed E-state index contributed by atoms with van der Waals surface area (Å²) in [6.45, 7) is 0.918. The number of carbonyl (C=O) groups excluding carboxylic acids is 1. The minimum Gasteiger partial charge on any atom is -0.479 e. The van der Waals surface area contributed by atoms with Crippen LogP contribution in [0.5, 0.6) is 0 Å². The van der Waals surface area contributed by atoms with Crippen LogP contribution in [0.2, 0.25) is 5.02 Å². The summed E-state index contributed by atoms with van der Waals surface area (Å²) in [5.41, 5.74) is -2.46. The highest BCUT2D eigenvalue weighted by atomic mass is 35.5. The minimum absolute atomic E-state index is 0.00781. The van der Waals surface area contributed by atoms with Crippen LogP contribution in [0.3, 0.4) is 0 Å². The van der Waals surface area contributed by atoms with Crippen LogP contribution in [0.15, 0.2) is 24.3 Å². The molecular formula is C10H9ClO4. The molecule has 0 bridgehead atoms. The molecule has 2 N–H and O–H groups in total. The van der Waals surface area contributed by atoms with Crippen LogP contribution in [0, 0.1) is 0 Å². The maximum absolute atomic E-state index is 11.6. The highest BCUT2D eigenvalue weighted by molar-refractivity contribution is 6.35. The molecule has 5 heteroatoms. The molecule has 1 unspecified atom stereocenters. The van der Waals surface area contributed by atoms with E-state index in [-0.39, 0.29) is 10.6 Å². The normalized spacial score (nSPS) is 14.3. The maximum atomic E-state index is 11.6. The molecule has 0 amide bonds. The van der Waals surface area contributed by atoms with Crippen molar-refractivity contribution in [3.8, 4) is 0 Å². The number of hydrogen-bond acceptors (Lipinski definition) is 3. The van der Waals surface area contributed by atoms with Crippen molar-refractivity contribution in [1.29, 1.82) is 0 Å². The van der Waals surface area contributed by atoms with Gasteiger partial charge in [-0.2, -0.15) is 0 Å². The number of ketones is 1. The van der Waals surface area contributed by atoms with Gasteiger partial charge in [-0.1, -0.05) is 23.7 Å². The van der Waals surface area contributed by atoms with E-state index in [1.807, 2.05) is 0 Å². The van der Waals surface area contributed by atoms with Crippen molar-refractivity contribution < 1.29 is 19.8 Å². The van der Waals surface area contributed by atoms with Gasteiger partial charge in [0.2, 0.25) is 11.4 Å². The fourth-order valence-electron chi connectivity index (χ4n) is 1.00. The van der Waals surface area contributed by atoms with Gasteiger partial charge in [0.15, 0.2) is 0 Å². The molecule has 0 aliphatic rings. The van der Waals surface area contributed by atoms with Crippen molar-refractivity contribution in [3.05, 3.63) is 34.9 Å². The number of carboxylic acids is 1. The van der Waals surface area contributed by atoms with Crippen molar-refractivity contribution in [2.45, 2.75) is 12.5 Å². The first-order valence-electron chi connectivity index (χ1n) is 4.12. The van der Waals surface area contributed by atoms with Crippen LogP contribution < -0.4 is 0 Å². The van der Waals surface area contributed by atoms with Gasteiger partial charge in [-0.3, -0.25) is 4.79 Å². The van der Waals surface area contributed by atoms with Crippen LogP contribution in [0.25, 0.3) is 0 Å². The quantitative estimate of drug-likeness (QED) is 0.605. The van der Waals surface area contributed by atoms with Gasteiger partial charge in [0.05, 0.1) is 5.02 Å². The molecule has 1 aromatic rings. The lowest BCUT2D eigenvalue weighted by atomic mass is 9.95. The molecule has 4 nitrogen and oxygen atoms in total. The predicted molar refractivity (Wildman–Crippen MR) is 54.0 cm³/mol. The number of Topliss-reactive ketones (excluding diaryl/α,β-unsaturated/α-hetero) is 1. The van der Waals surface area contributed by atoms with E-state index in [9.17, 15) is 14.7 Å². The molecule has 15 heavy (non-hydrogen) atoms. The molecule has 0 spiro atoms. The Morgan fingerprint density at radius 1 is 1.33 bits per heavy atom. The first kappa shape index (κ1) is 11.7. The molecule has 1 rings (SSSR count). The summed E-state index contributed by atoms with van der Waals surface area (Å²) in [6.07, 6.45) is 0. The van der Waals surface area contributed by atoms with Gasteiger partial charge in [0, 0.05) is 5.56 Å². The predicted octanol–water partition coefficient (Wildman–Crippen LogP) is 1.36. The summed E-state index contributed by atoms with van der Waals surface area (Å²) in [4.78, 5) is 22.2. The van der Waals surface area contributed by atoms with Crippen molar-refractivity contribution in [1.82, 2.24) is 0 Å². The second kappa shape index (κ2) is 4.00. The Hall–Kier alpha value is -1.39.